The summed E-state index contributed by atoms with van der Waals surface area (Å²) in [6.07, 6.45) is 0.932. The lowest BCUT2D eigenvalue weighted by Crippen LogP contribution is -2.25. The summed E-state index contributed by atoms with van der Waals surface area (Å²) < 4.78 is 0. The monoisotopic (exact) mass is 279 g/mol. The zero-order chi connectivity index (χ0) is 15.0. The van der Waals surface area contributed by atoms with Gasteiger partial charge in [-0.25, -0.2) is 0 Å². The van der Waals surface area contributed by atoms with Gasteiger partial charge in [0.15, 0.2) is 5.78 Å². The van der Waals surface area contributed by atoms with Gasteiger partial charge in [-0.1, -0.05) is 24.3 Å². The van der Waals surface area contributed by atoms with Crippen molar-refractivity contribution in [3.05, 3.63) is 69.3 Å². The van der Waals surface area contributed by atoms with Crippen LogP contribution in [0.2, 0.25) is 0 Å². The van der Waals surface area contributed by atoms with Crippen molar-refractivity contribution in [2.24, 2.45) is 0 Å². The molecule has 0 aliphatic carbocycles. The Labute approximate surface area is 126 Å². The maximum absolute atomic E-state index is 13.0. The average molecular weight is 279 g/mol. The molecule has 1 heterocycles. The molecule has 0 amide bonds. The van der Waals surface area contributed by atoms with Crippen LogP contribution in [0, 0.1) is 20.8 Å². The van der Waals surface area contributed by atoms with E-state index in [-0.39, 0.29) is 5.78 Å². The molecule has 0 unspecified atom stereocenters. The topological polar surface area (TPSA) is 29.1 Å². The van der Waals surface area contributed by atoms with Crippen LogP contribution in [0.3, 0.4) is 0 Å². The van der Waals surface area contributed by atoms with E-state index in [1.165, 1.54) is 22.3 Å². The van der Waals surface area contributed by atoms with Crippen LogP contribution < -0.4 is 5.32 Å². The molecule has 0 aromatic heterocycles. The molecule has 1 aliphatic heterocycles. The number of fused-ring (bicyclic) bond motifs is 1. The maximum Gasteiger partial charge on any atom is 0.193 e. The molecule has 2 nitrogen and oxygen atoms in total. The molecule has 2 aromatic carbocycles. The Morgan fingerprint density at radius 3 is 2.57 bits per heavy atom. The Balaban J connectivity index is 2.09. The summed E-state index contributed by atoms with van der Waals surface area (Å²) in [6.45, 7) is 7.99. The largest absolute Gasteiger partial charge is 0.312 e. The van der Waals surface area contributed by atoms with Gasteiger partial charge >= 0.3 is 0 Å². The number of aryl methyl sites for hydroxylation is 3. The first-order valence-corrected chi connectivity index (χ1v) is 7.52. The first kappa shape index (κ1) is 14.0. The van der Waals surface area contributed by atoms with Crippen molar-refractivity contribution in [2.45, 2.75) is 33.7 Å². The van der Waals surface area contributed by atoms with Crippen LogP contribution in [-0.4, -0.2) is 12.3 Å². The Morgan fingerprint density at radius 2 is 1.76 bits per heavy atom. The van der Waals surface area contributed by atoms with E-state index in [1.807, 2.05) is 25.1 Å². The van der Waals surface area contributed by atoms with Crippen LogP contribution in [0.4, 0.5) is 0 Å². The third-order valence-electron chi connectivity index (χ3n) is 4.47. The van der Waals surface area contributed by atoms with E-state index in [9.17, 15) is 4.79 Å². The molecule has 1 N–H and O–H groups in total. The average Bonchev–Trinajstić information content (AvgIpc) is 2.49. The zero-order valence-electron chi connectivity index (χ0n) is 12.9. The third kappa shape index (κ3) is 2.52. The van der Waals surface area contributed by atoms with Gasteiger partial charge in [0.2, 0.25) is 0 Å². The Bertz CT molecular complexity index is 716. The fraction of sp³-hybridized carbons (Fsp3) is 0.316. The van der Waals surface area contributed by atoms with E-state index in [2.05, 4.69) is 31.3 Å². The number of benzene rings is 2. The van der Waals surface area contributed by atoms with Gasteiger partial charge in [-0.05, 0) is 67.6 Å². The minimum Gasteiger partial charge on any atom is -0.312 e. The maximum atomic E-state index is 13.0. The summed E-state index contributed by atoms with van der Waals surface area (Å²) in [5, 5.41) is 3.36. The van der Waals surface area contributed by atoms with E-state index in [0.29, 0.717) is 0 Å². The highest BCUT2D eigenvalue weighted by molar-refractivity contribution is 6.11. The second kappa shape index (κ2) is 5.45. The van der Waals surface area contributed by atoms with Crippen molar-refractivity contribution in [2.75, 3.05) is 6.54 Å². The Hall–Kier alpha value is -1.93. The van der Waals surface area contributed by atoms with Crippen LogP contribution in [0.5, 0.6) is 0 Å². The van der Waals surface area contributed by atoms with Crippen LogP contribution in [0.1, 0.15) is 43.7 Å². The van der Waals surface area contributed by atoms with Crippen molar-refractivity contribution in [3.63, 3.8) is 0 Å². The standard InChI is InChI=1S/C19H21NO/c1-12-9-14(3)18(10-13(12)2)19(21)17-6-4-5-15-11-20-8-7-16(15)17/h4-6,9-10,20H,7-8,11H2,1-3H3. The molecule has 0 atom stereocenters. The molecule has 0 spiro atoms. The molecular formula is C19H21NO. The van der Waals surface area contributed by atoms with Crippen molar-refractivity contribution in [1.82, 2.24) is 5.32 Å². The highest BCUT2D eigenvalue weighted by atomic mass is 16.1. The minimum atomic E-state index is 0.161. The molecule has 108 valence electrons. The number of carbonyl (C=O) groups excluding carboxylic acids is 1. The van der Waals surface area contributed by atoms with E-state index in [1.54, 1.807) is 0 Å². The molecule has 21 heavy (non-hydrogen) atoms. The summed E-state index contributed by atoms with van der Waals surface area (Å²) in [5.41, 5.74) is 7.67. The SMILES string of the molecule is Cc1cc(C)c(C(=O)c2cccc3c2CCNC3)cc1C. The molecule has 3 rings (SSSR count). The van der Waals surface area contributed by atoms with Gasteiger partial charge in [-0.15, -0.1) is 0 Å². The van der Waals surface area contributed by atoms with Crippen LogP contribution in [-0.2, 0) is 13.0 Å². The smallest absolute Gasteiger partial charge is 0.193 e. The van der Waals surface area contributed by atoms with Gasteiger partial charge in [0.25, 0.3) is 0 Å². The number of nitrogens with one attached hydrogen (secondary N) is 1. The van der Waals surface area contributed by atoms with Gasteiger partial charge in [0.05, 0.1) is 0 Å². The zero-order valence-corrected chi connectivity index (χ0v) is 12.9. The Kier molecular flexibility index (Phi) is 3.64. The van der Waals surface area contributed by atoms with Gasteiger partial charge in [0, 0.05) is 17.7 Å². The summed E-state index contributed by atoms with van der Waals surface area (Å²) in [5.74, 6) is 0.161. The van der Waals surface area contributed by atoms with Gasteiger partial charge in [-0.3, -0.25) is 4.79 Å². The lowest BCUT2D eigenvalue weighted by molar-refractivity contribution is 0.103. The molecule has 0 saturated heterocycles. The molecule has 0 bridgehead atoms. The first-order chi connectivity index (χ1) is 10.1. The number of ketones is 1. The minimum absolute atomic E-state index is 0.161. The predicted molar refractivity (Wildman–Crippen MR) is 85.9 cm³/mol. The first-order valence-electron chi connectivity index (χ1n) is 7.52. The number of carbonyl (C=O) groups is 1. The van der Waals surface area contributed by atoms with Crippen molar-refractivity contribution in [3.8, 4) is 0 Å². The molecule has 0 saturated carbocycles. The van der Waals surface area contributed by atoms with Crippen molar-refractivity contribution < 1.29 is 4.79 Å². The number of hydrogen-bond acceptors (Lipinski definition) is 2. The normalized spacial score (nSPS) is 13.9. The van der Waals surface area contributed by atoms with Gasteiger partial charge in [0.1, 0.15) is 0 Å². The van der Waals surface area contributed by atoms with E-state index in [4.69, 9.17) is 0 Å². The quantitative estimate of drug-likeness (QED) is 0.853. The van der Waals surface area contributed by atoms with Crippen LogP contribution in [0.15, 0.2) is 30.3 Å². The Morgan fingerprint density at radius 1 is 1.00 bits per heavy atom. The lowest BCUT2D eigenvalue weighted by atomic mass is 9.88. The number of hydrogen-bond donors (Lipinski definition) is 1. The molecule has 2 heteroatoms. The molecule has 1 aliphatic rings. The summed E-state index contributed by atoms with van der Waals surface area (Å²) >= 11 is 0. The summed E-state index contributed by atoms with van der Waals surface area (Å²) in [7, 11) is 0. The fourth-order valence-electron chi connectivity index (χ4n) is 3.09. The predicted octanol–water partition coefficient (Wildman–Crippen LogP) is 3.49. The van der Waals surface area contributed by atoms with Crippen LogP contribution in [0.25, 0.3) is 0 Å². The highest BCUT2D eigenvalue weighted by Gasteiger charge is 2.20. The lowest BCUT2D eigenvalue weighted by Gasteiger charge is -2.20. The summed E-state index contributed by atoms with van der Waals surface area (Å²) in [6, 6.07) is 10.2. The fourth-order valence-corrected chi connectivity index (χ4v) is 3.09. The van der Waals surface area contributed by atoms with E-state index < -0.39 is 0 Å². The van der Waals surface area contributed by atoms with E-state index in [0.717, 1.165) is 36.2 Å². The molecular weight excluding hydrogens is 258 g/mol. The second-order valence-corrected chi connectivity index (χ2v) is 5.95. The number of rotatable bonds is 2. The van der Waals surface area contributed by atoms with Crippen LogP contribution >= 0.6 is 0 Å². The highest BCUT2D eigenvalue weighted by Crippen LogP contribution is 2.24. The third-order valence-corrected chi connectivity index (χ3v) is 4.47. The summed E-state index contributed by atoms with van der Waals surface area (Å²) in [4.78, 5) is 13.0. The van der Waals surface area contributed by atoms with Gasteiger partial charge in [-0.2, -0.15) is 0 Å². The molecule has 0 radical (unpaired) electrons. The van der Waals surface area contributed by atoms with Gasteiger partial charge < -0.3 is 5.32 Å². The second-order valence-electron chi connectivity index (χ2n) is 5.95. The molecule has 2 aromatic rings. The van der Waals surface area contributed by atoms with Crippen molar-refractivity contribution in [1.29, 1.82) is 0 Å². The van der Waals surface area contributed by atoms with E-state index >= 15 is 0 Å². The molecule has 0 fully saturated rings. The van der Waals surface area contributed by atoms with Crippen molar-refractivity contribution >= 4 is 5.78 Å².